The maximum Gasteiger partial charge on any atom is 0.338 e. The Balaban J connectivity index is 2.45. The van der Waals surface area contributed by atoms with Crippen LogP contribution in [0.3, 0.4) is 0 Å². The molecule has 0 aliphatic rings. The highest BCUT2D eigenvalue weighted by molar-refractivity contribution is 6.74. The zero-order chi connectivity index (χ0) is 24.3. The van der Waals surface area contributed by atoms with Gasteiger partial charge in [0.05, 0.1) is 39.1 Å². The Morgan fingerprint density at radius 2 is 1.66 bits per heavy atom. The average Bonchev–Trinajstić information content (AvgIpc) is 2.74. The molecule has 2 aromatic rings. The van der Waals surface area contributed by atoms with Crippen molar-refractivity contribution in [3.8, 4) is 11.5 Å². The fourth-order valence-corrected chi connectivity index (χ4v) is 3.60. The smallest absolute Gasteiger partial charge is 0.338 e. The molecule has 9 heteroatoms. The zero-order valence-corrected chi connectivity index (χ0v) is 20.8. The number of rotatable bonds is 8. The summed E-state index contributed by atoms with van der Waals surface area (Å²) in [6, 6.07) is 4.03. The van der Waals surface area contributed by atoms with Crippen molar-refractivity contribution in [3.05, 3.63) is 57.1 Å². The molecule has 1 heterocycles. The largest absolute Gasteiger partial charge is 0.497 e. The summed E-state index contributed by atoms with van der Waals surface area (Å²) in [7, 11) is 1.90. The van der Waals surface area contributed by atoms with Gasteiger partial charge in [-0.1, -0.05) is 20.8 Å². The minimum Gasteiger partial charge on any atom is -0.497 e. The van der Waals surface area contributed by atoms with Crippen LogP contribution in [0.4, 0.5) is 0 Å². The van der Waals surface area contributed by atoms with Gasteiger partial charge in [-0.15, -0.1) is 0 Å². The maximum atomic E-state index is 13.2. The molecule has 0 saturated carbocycles. The van der Waals surface area contributed by atoms with Crippen LogP contribution >= 0.6 is 0 Å². The monoisotopic (exact) mass is 462 g/mol. The van der Waals surface area contributed by atoms with Crippen LogP contribution in [-0.2, 0) is 15.8 Å². The van der Waals surface area contributed by atoms with Crippen LogP contribution in [0.25, 0.3) is 0 Å². The van der Waals surface area contributed by atoms with Gasteiger partial charge in [0.2, 0.25) is 5.78 Å². The van der Waals surface area contributed by atoms with Crippen molar-refractivity contribution in [1.82, 2.24) is 0 Å². The van der Waals surface area contributed by atoms with Crippen LogP contribution < -0.4 is 14.9 Å². The van der Waals surface area contributed by atoms with E-state index in [4.69, 9.17) is 23.1 Å². The molecular weight excluding hydrogens is 432 g/mol. The van der Waals surface area contributed by atoms with Crippen molar-refractivity contribution >= 4 is 20.1 Å². The lowest BCUT2D eigenvalue weighted by Gasteiger charge is -2.35. The van der Waals surface area contributed by atoms with Gasteiger partial charge in [-0.05, 0) is 24.2 Å². The van der Waals surface area contributed by atoms with Gasteiger partial charge in [-0.2, -0.15) is 0 Å². The molecule has 0 saturated heterocycles. The number of hydrogen-bond donors (Lipinski definition) is 0. The third-order valence-corrected chi connectivity index (χ3v) is 10.2. The molecule has 174 valence electrons. The summed E-state index contributed by atoms with van der Waals surface area (Å²) in [5.74, 6) is -0.820. The molecule has 1 aromatic heterocycles. The lowest BCUT2D eigenvalue weighted by Crippen LogP contribution is -2.40. The van der Waals surface area contributed by atoms with E-state index in [-0.39, 0.29) is 34.1 Å². The molecule has 1 aromatic carbocycles. The summed E-state index contributed by atoms with van der Waals surface area (Å²) in [5, 5.41) is -0.00158. The molecule has 0 unspecified atom stereocenters. The first-order chi connectivity index (χ1) is 14.9. The van der Waals surface area contributed by atoms with Gasteiger partial charge < -0.3 is 23.1 Å². The van der Waals surface area contributed by atoms with Crippen LogP contribution in [-0.4, -0.2) is 41.4 Å². The Bertz CT molecular complexity index is 1060. The van der Waals surface area contributed by atoms with E-state index in [9.17, 15) is 14.4 Å². The lowest BCUT2D eigenvalue weighted by molar-refractivity contribution is 0.0596. The first-order valence-corrected chi connectivity index (χ1v) is 12.9. The Morgan fingerprint density at radius 1 is 1.00 bits per heavy atom. The van der Waals surface area contributed by atoms with Gasteiger partial charge in [0.15, 0.2) is 13.7 Å². The van der Waals surface area contributed by atoms with E-state index >= 15 is 0 Å². The van der Waals surface area contributed by atoms with E-state index in [1.165, 1.54) is 39.5 Å². The molecule has 0 bridgehead atoms. The van der Waals surface area contributed by atoms with E-state index in [0.717, 1.165) is 6.26 Å². The number of ether oxygens (including phenoxy) is 3. The summed E-state index contributed by atoms with van der Waals surface area (Å²) in [4.78, 5) is 38.3. The fraction of sp³-hybridized carbons (Fsp3) is 0.435. The molecule has 0 spiro atoms. The van der Waals surface area contributed by atoms with E-state index in [1.807, 2.05) is 0 Å². The van der Waals surface area contributed by atoms with Crippen LogP contribution in [0.5, 0.6) is 11.5 Å². The minimum atomic E-state index is -2.05. The third-order valence-electron chi connectivity index (χ3n) is 5.68. The second-order valence-electron chi connectivity index (χ2n) is 8.75. The van der Waals surface area contributed by atoms with Crippen molar-refractivity contribution in [2.75, 3.05) is 21.3 Å². The predicted molar refractivity (Wildman–Crippen MR) is 121 cm³/mol. The lowest BCUT2D eigenvalue weighted by atomic mass is 9.97. The van der Waals surface area contributed by atoms with E-state index in [1.54, 1.807) is 0 Å². The highest BCUT2D eigenvalue weighted by Crippen LogP contribution is 2.37. The van der Waals surface area contributed by atoms with Crippen molar-refractivity contribution in [1.29, 1.82) is 0 Å². The minimum absolute atomic E-state index is 0.00158. The Labute approximate surface area is 188 Å². The van der Waals surface area contributed by atoms with Crippen LogP contribution in [0.1, 0.15) is 52.8 Å². The predicted octanol–water partition coefficient (Wildman–Crippen LogP) is 4.20. The molecule has 0 atom stereocenters. The summed E-state index contributed by atoms with van der Waals surface area (Å²) in [6.45, 7) is 10.6. The molecule has 0 amide bonds. The van der Waals surface area contributed by atoms with E-state index in [0.29, 0.717) is 11.5 Å². The second-order valence-corrected chi connectivity index (χ2v) is 13.6. The Morgan fingerprint density at radius 3 is 2.16 bits per heavy atom. The number of ketones is 1. The van der Waals surface area contributed by atoms with Crippen LogP contribution in [0.15, 0.2) is 33.7 Å². The van der Waals surface area contributed by atoms with Crippen molar-refractivity contribution in [2.45, 2.75) is 45.5 Å². The standard InChI is InChI=1S/C23H30O8Si/c1-23(2,3)32(7,8)31-12-15-10-18(24)17(13-30-15)21(25)20-16(22(26)29-6)9-14(27-4)11-19(20)28-5/h9-11,13H,12H2,1-8H3. The van der Waals surface area contributed by atoms with Gasteiger partial charge in [0.25, 0.3) is 0 Å². The summed E-state index contributed by atoms with van der Waals surface area (Å²) < 4.78 is 26.8. The SMILES string of the molecule is COC(=O)c1cc(OC)cc(OC)c1C(=O)c1coc(CO[Si](C)(C)C(C)(C)C)cc1=O. The number of carbonyl (C=O) groups excluding carboxylic acids is 2. The zero-order valence-electron chi connectivity index (χ0n) is 19.8. The number of methoxy groups -OCH3 is 3. The van der Waals surface area contributed by atoms with Crippen LogP contribution in [0, 0.1) is 0 Å². The van der Waals surface area contributed by atoms with E-state index < -0.39 is 25.5 Å². The fourth-order valence-electron chi connectivity index (χ4n) is 2.67. The molecule has 2 rings (SSSR count). The van der Waals surface area contributed by atoms with Gasteiger partial charge >= 0.3 is 5.97 Å². The molecule has 0 aliphatic carbocycles. The highest BCUT2D eigenvalue weighted by Gasteiger charge is 2.37. The molecular formula is C23H30O8Si. The Hall–Kier alpha value is -2.91. The first kappa shape index (κ1) is 25.3. The number of esters is 1. The normalized spacial score (nSPS) is 11.8. The number of hydrogen-bond acceptors (Lipinski definition) is 8. The molecule has 8 nitrogen and oxygen atoms in total. The summed E-state index contributed by atoms with van der Waals surface area (Å²) in [5.41, 5.74) is -0.991. The van der Waals surface area contributed by atoms with Gasteiger partial charge in [-0.25, -0.2) is 4.79 Å². The number of carbonyl (C=O) groups is 2. The molecule has 0 aliphatic heterocycles. The summed E-state index contributed by atoms with van der Waals surface area (Å²) >= 11 is 0. The van der Waals surface area contributed by atoms with Crippen molar-refractivity contribution in [3.63, 3.8) is 0 Å². The maximum absolute atomic E-state index is 13.2. The van der Waals surface area contributed by atoms with Gasteiger partial charge in [0.1, 0.15) is 29.1 Å². The van der Waals surface area contributed by atoms with Gasteiger partial charge in [0, 0.05) is 12.1 Å². The van der Waals surface area contributed by atoms with Crippen molar-refractivity contribution < 1.29 is 32.6 Å². The molecule has 32 heavy (non-hydrogen) atoms. The molecule has 0 N–H and O–H groups in total. The topological polar surface area (TPSA) is 101 Å². The average molecular weight is 463 g/mol. The quantitative estimate of drug-likeness (QED) is 0.327. The third kappa shape index (κ3) is 5.28. The molecule has 0 fully saturated rings. The Kier molecular flexibility index (Phi) is 7.69. The van der Waals surface area contributed by atoms with Crippen LogP contribution in [0.2, 0.25) is 18.1 Å². The van der Waals surface area contributed by atoms with Crippen molar-refractivity contribution in [2.24, 2.45) is 0 Å². The highest BCUT2D eigenvalue weighted by atomic mass is 28.4. The summed E-state index contributed by atoms with van der Waals surface area (Å²) in [6.07, 6.45) is 1.08. The van der Waals surface area contributed by atoms with Gasteiger partial charge in [-0.3, -0.25) is 9.59 Å². The first-order valence-electron chi connectivity index (χ1n) is 10.0. The second kappa shape index (κ2) is 9.70. The van der Waals surface area contributed by atoms with E-state index in [2.05, 4.69) is 33.9 Å². The number of benzene rings is 1. The molecule has 0 radical (unpaired) electrons.